The Morgan fingerprint density at radius 1 is 0.880 bits per heavy atom. The number of aliphatic hydroxyl groups excluding tert-OH is 1. The van der Waals surface area contributed by atoms with Gasteiger partial charge in [-0.15, -0.1) is 0 Å². The maximum Gasteiger partial charge on any atom is 0.184 e. The second-order valence-corrected chi connectivity index (χ2v) is 6.03. The number of benzene rings is 2. The Labute approximate surface area is 148 Å². The maximum atomic E-state index is 10.1. The van der Waals surface area contributed by atoms with Gasteiger partial charge in [-0.3, -0.25) is 0 Å². The highest BCUT2D eigenvalue weighted by atomic mass is 16.7. The monoisotopic (exact) mass is 344 g/mol. The number of hydrogen-bond donors (Lipinski definition) is 1. The minimum atomic E-state index is -1.02. The van der Waals surface area contributed by atoms with Crippen molar-refractivity contribution in [2.75, 3.05) is 13.7 Å². The second-order valence-electron chi connectivity index (χ2n) is 6.03. The summed E-state index contributed by atoms with van der Waals surface area (Å²) in [7, 11) is 1.54. The average molecular weight is 344 g/mol. The van der Waals surface area contributed by atoms with Crippen LogP contribution in [-0.2, 0) is 32.2 Å². The maximum absolute atomic E-state index is 10.1. The van der Waals surface area contributed by atoms with E-state index in [0.717, 1.165) is 11.1 Å². The molecule has 1 unspecified atom stereocenters. The van der Waals surface area contributed by atoms with E-state index in [9.17, 15) is 5.11 Å². The van der Waals surface area contributed by atoms with Crippen molar-refractivity contribution >= 4 is 0 Å². The summed E-state index contributed by atoms with van der Waals surface area (Å²) in [5, 5.41) is 10.1. The molecule has 1 N–H and O–H groups in total. The van der Waals surface area contributed by atoms with Gasteiger partial charge in [0.2, 0.25) is 0 Å². The van der Waals surface area contributed by atoms with Crippen molar-refractivity contribution in [2.24, 2.45) is 0 Å². The van der Waals surface area contributed by atoms with Crippen LogP contribution in [-0.4, -0.2) is 43.4 Å². The zero-order valence-electron chi connectivity index (χ0n) is 14.3. The molecule has 134 valence electrons. The topological polar surface area (TPSA) is 57.2 Å². The number of methoxy groups -OCH3 is 1. The summed E-state index contributed by atoms with van der Waals surface area (Å²) in [6, 6.07) is 19.8. The van der Waals surface area contributed by atoms with Crippen LogP contribution in [0.1, 0.15) is 11.1 Å². The van der Waals surface area contributed by atoms with Gasteiger partial charge in [0.25, 0.3) is 0 Å². The highest BCUT2D eigenvalue weighted by Crippen LogP contribution is 2.26. The molecule has 0 amide bonds. The Morgan fingerprint density at radius 2 is 1.48 bits per heavy atom. The Kier molecular flexibility index (Phi) is 6.55. The lowest BCUT2D eigenvalue weighted by atomic mass is 10.1. The van der Waals surface area contributed by atoms with E-state index in [0.29, 0.717) is 19.8 Å². The summed E-state index contributed by atoms with van der Waals surface area (Å²) in [5.41, 5.74) is 2.15. The van der Waals surface area contributed by atoms with Gasteiger partial charge in [0.15, 0.2) is 6.29 Å². The third-order valence-corrected chi connectivity index (χ3v) is 4.24. The van der Waals surface area contributed by atoms with E-state index < -0.39 is 18.5 Å². The van der Waals surface area contributed by atoms with Gasteiger partial charge >= 0.3 is 0 Å². The SMILES string of the molecule is CO[C@H]1C(O)O[C@H](COCc2ccccc2)[C@@H]1OCc1ccccc1. The van der Waals surface area contributed by atoms with E-state index >= 15 is 0 Å². The van der Waals surface area contributed by atoms with Gasteiger partial charge in [-0.1, -0.05) is 60.7 Å². The molecule has 0 aromatic heterocycles. The molecule has 0 aliphatic carbocycles. The third-order valence-electron chi connectivity index (χ3n) is 4.24. The van der Waals surface area contributed by atoms with Crippen molar-refractivity contribution in [1.29, 1.82) is 0 Å². The summed E-state index contributed by atoms with van der Waals surface area (Å²) in [6.45, 7) is 1.24. The Bertz CT molecular complexity index is 618. The first-order chi connectivity index (χ1) is 12.3. The molecule has 0 radical (unpaired) electrons. The third kappa shape index (κ3) is 4.87. The van der Waals surface area contributed by atoms with E-state index in [-0.39, 0.29) is 6.10 Å². The van der Waals surface area contributed by atoms with Crippen molar-refractivity contribution in [3.63, 3.8) is 0 Å². The lowest BCUT2D eigenvalue weighted by Gasteiger charge is -2.22. The predicted octanol–water partition coefficient (Wildman–Crippen LogP) is 2.52. The fourth-order valence-corrected chi connectivity index (χ4v) is 2.93. The van der Waals surface area contributed by atoms with Gasteiger partial charge in [0.05, 0.1) is 19.8 Å². The lowest BCUT2D eigenvalue weighted by molar-refractivity contribution is -0.143. The number of hydrogen-bond acceptors (Lipinski definition) is 5. The van der Waals surface area contributed by atoms with Crippen LogP contribution in [0.2, 0.25) is 0 Å². The summed E-state index contributed by atoms with van der Waals surface area (Å²) in [4.78, 5) is 0. The number of rotatable bonds is 8. The van der Waals surface area contributed by atoms with E-state index in [1.54, 1.807) is 7.11 Å². The van der Waals surface area contributed by atoms with Crippen LogP contribution in [0.4, 0.5) is 0 Å². The Hall–Kier alpha value is -1.76. The standard InChI is InChI=1S/C20H24O5/c1-22-19-18(24-13-16-10-6-3-7-11-16)17(25-20(19)21)14-23-12-15-8-4-2-5-9-15/h2-11,17-21H,12-14H2,1H3/t17-,18+,19-,20?/m1/s1. The van der Waals surface area contributed by atoms with E-state index in [1.807, 2.05) is 60.7 Å². The normalized spacial score (nSPS) is 26.0. The summed E-state index contributed by atoms with van der Waals surface area (Å²) in [5.74, 6) is 0. The van der Waals surface area contributed by atoms with Gasteiger partial charge in [-0.2, -0.15) is 0 Å². The molecule has 3 rings (SSSR count). The van der Waals surface area contributed by atoms with Crippen LogP contribution in [0.25, 0.3) is 0 Å². The van der Waals surface area contributed by atoms with Gasteiger partial charge < -0.3 is 24.1 Å². The minimum absolute atomic E-state index is 0.325. The van der Waals surface area contributed by atoms with Gasteiger partial charge in [-0.05, 0) is 11.1 Å². The summed E-state index contributed by atoms with van der Waals surface area (Å²) >= 11 is 0. The molecule has 2 aromatic carbocycles. The minimum Gasteiger partial charge on any atom is -0.374 e. The molecular formula is C20H24O5. The van der Waals surface area contributed by atoms with Gasteiger partial charge in [0, 0.05) is 7.11 Å². The van der Waals surface area contributed by atoms with Crippen LogP contribution in [0, 0.1) is 0 Å². The van der Waals surface area contributed by atoms with Gasteiger partial charge in [0.1, 0.15) is 18.3 Å². The molecule has 5 heteroatoms. The van der Waals surface area contributed by atoms with E-state index in [1.165, 1.54) is 0 Å². The van der Waals surface area contributed by atoms with Crippen molar-refractivity contribution in [3.05, 3.63) is 71.8 Å². The first kappa shape index (κ1) is 18.0. The molecule has 1 aliphatic rings. The van der Waals surface area contributed by atoms with E-state index in [4.69, 9.17) is 18.9 Å². The highest BCUT2D eigenvalue weighted by Gasteiger charge is 2.45. The van der Waals surface area contributed by atoms with Crippen molar-refractivity contribution in [2.45, 2.75) is 37.8 Å². The molecule has 2 aromatic rings. The lowest BCUT2D eigenvalue weighted by Crippen LogP contribution is -2.38. The zero-order chi connectivity index (χ0) is 17.5. The largest absolute Gasteiger partial charge is 0.374 e. The van der Waals surface area contributed by atoms with Crippen molar-refractivity contribution in [3.8, 4) is 0 Å². The predicted molar refractivity (Wildman–Crippen MR) is 92.8 cm³/mol. The molecule has 0 saturated carbocycles. The fourth-order valence-electron chi connectivity index (χ4n) is 2.93. The highest BCUT2D eigenvalue weighted by molar-refractivity contribution is 5.14. The molecular weight excluding hydrogens is 320 g/mol. The van der Waals surface area contributed by atoms with Crippen molar-refractivity contribution in [1.82, 2.24) is 0 Å². The van der Waals surface area contributed by atoms with Crippen LogP contribution >= 0.6 is 0 Å². The Balaban J connectivity index is 1.56. The molecule has 1 saturated heterocycles. The summed E-state index contributed by atoms with van der Waals surface area (Å²) < 4.78 is 22.7. The molecule has 25 heavy (non-hydrogen) atoms. The molecule has 5 nitrogen and oxygen atoms in total. The van der Waals surface area contributed by atoms with Crippen LogP contribution < -0.4 is 0 Å². The number of ether oxygens (including phenoxy) is 4. The van der Waals surface area contributed by atoms with Crippen molar-refractivity contribution < 1.29 is 24.1 Å². The Morgan fingerprint density at radius 3 is 2.08 bits per heavy atom. The van der Waals surface area contributed by atoms with Crippen LogP contribution in [0.5, 0.6) is 0 Å². The molecule has 1 fully saturated rings. The zero-order valence-corrected chi connectivity index (χ0v) is 14.3. The molecule has 1 heterocycles. The number of aliphatic hydroxyl groups is 1. The van der Waals surface area contributed by atoms with Crippen LogP contribution in [0.15, 0.2) is 60.7 Å². The quantitative estimate of drug-likeness (QED) is 0.797. The smallest absolute Gasteiger partial charge is 0.184 e. The molecule has 0 bridgehead atoms. The summed E-state index contributed by atoms with van der Waals surface area (Å²) in [6.07, 6.45) is -2.33. The molecule has 0 spiro atoms. The second kappa shape index (κ2) is 9.08. The van der Waals surface area contributed by atoms with Crippen LogP contribution in [0.3, 0.4) is 0 Å². The molecule has 1 aliphatic heterocycles. The van der Waals surface area contributed by atoms with E-state index in [2.05, 4.69) is 0 Å². The first-order valence-electron chi connectivity index (χ1n) is 8.41. The van der Waals surface area contributed by atoms with Gasteiger partial charge in [-0.25, -0.2) is 0 Å². The fraction of sp³-hybridized carbons (Fsp3) is 0.400. The average Bonchev–Trinajstić information content (AvgIpc) is 2.96. The first-order valence-corrected chi connectivity index (χ1v) is 8.41. The molecule has 4 atom stereocenters.